The zero-order chi connectivity index (χ0) is 25.4. The minimum atomic E-state index is -1.46. The Balaban J connectivity index is 1.58. The summed E-state index contributed by atoms with van der Waals surface area (Å²) < 4.78 is 20.8. The number of rotatable bonds is 6. The molecule has 0 saturated carbocycles. The number of likely N-dealkylation sites (N-methyl/N-ethyl adjacent to an activating group) is 1. The highest BCUT2D eigenvalue weighted by atomic mass is 35.5. The lowest BCUT2D eigenvalue weighted by atomic mass is 10.1. The fourth-order valence-corrected chi connectivity index (χ4v) is 4.14. The number of aliphatic hydroxyl groups is 2. The van der Waals surface area contributed by atoms with Crippen molar-refractivity contribution >= 4 is 34.5 Å². The van der Waals surface area contributed by atoms with E-state index in [4.69, 9.17) is 16.3 Å². The first-order chi connectivity index (χ1) is 17.4. The number of halogens is 2. The highest BCUT2D eigenvalue weighted by Crippen LogP contribution is 2.34. The van der Waals surface area contributed by atoms with Crippen molar-refractivity contribution in [2.75, 3.05) is 12.4 Å². The first-order valence-corrected chi connectivity index (χ1v) is 11.3. The number of carbonyl (C=O) groups excluding carboxylic acids is 1. The summed E-state index contributed by atoms with van der Waals surface area (Å²) in [6, 6.07) is 7.75. The third-order valence-electron chi connectivity index (χ3n) is 5.75. The quantitative estimate of drug-likeness (QED) is 0.302. The molecule has 3 aromatic heterocycles. The lowest BCUT2D eigenvalue weighted by molar-refractivity contribution is -0.137. The number of fused-ring (bicyclic) bond motifs is 1. The van der Waals surface area contributed by atoms with Gasteiger partial charge in [0.2, 0.25) is 0 Å². The van der Waals surface area contributed by atoms with Crippen molar-refractivity contribution in [3.05, 3.63) is 65.5 Å². The van der Waals surface area contributed by atoms with E-state index in [1.165, 1.54) is 42.5 Å². The van der Waals surface area contributed by atoms with Gasteiger partial charge in [0.25, 0.3) is 5.91 Å². The van der Waals surface area contributed by atoms with Gasteiger partial charge in [-0.1, -0.05) is 23.7 Å². The fraction of sp³-hybridized carbons (Fsp3) is 0.261. The summed E-state index contributed by atoms with van der Waals surface area (Å²) in [6.45, 7) is 0.240. The molecule has 5 rings (SSSR count). The molecule has 1 fully saturated rings. The lowest BCUT2D eigenvalue weighted by Crippen LogP contribution is -2.41. The standard InChI is InChI=1S/C23H21ClFN7O4/c1-26-22(35)18-16(33)17(34)23(36-18)32-10-29-15-20(28-7-11-3-2-4-14(25)5-11)30-19(31-21(15)32)12-6-13(24)9-27-8-12/h2-6,8-10,16-18,23,33-34H,7H2,1H3,(H,26,35)(H,28,30,31). The Morgan fingerprint density at radius 2 is 2.06 bits per heavy atom. The van der Waals surface area contributed by atoms with Crippen LogP contribution in [0.25, 0.3) is 22.6 Å². The topological polar surface area (TPSA) is 147 Å². The molecule has 0 radical (unpaired) electrons. The second-order valence-electron chi connectivity index (χ2n) is 8.14. The van der Waals surface area contributed by atoms with Gasteiger partial charge in [-0.3, -0.25) is 14.3 Å². The van der Waals surface area contributed by atoms with E-state index < -0.39 is 30.4 Å². The number of benzene rings is 1. The maximum atomic E-state index is 13.7. The summed E-state index contributed by atoms with van der Waals surface area (Å²) in [4.78, 5) is 29.7. The first-order valence-electron chi connectivity index (χ1n) is 10.9. The minimum Gasteiger partial charge on any atom is -0.387 e. The van der Waals surface area contributed by atoms with Crippen LogP contribution >= 0.6 is 11.6 Å². The number of pyridine rings is 1. The highest BCUT2D eigenvalue weighted by molar-refractivity contribution is 6.30. The Kier molecular flexibility index (Phi) is 6.49. The number of nitrogens with one attached hydrogen (secondary N) is 2. The molecule has 0 bridgehead atoms. The molecule has 1 aromatic carbocycles. The maximum absolute atomic E-state index is 13.7. The Labute approximate surface area is 209 Å². The van der Waals surface area contributed by atoms with E-state index in [2.05, 4.69) is 30.6 Å². The molecule has 0 spiro atoms. The molecular weight excluding hydrogens is 493 g/mol. The number of imidazole rings is 1. The zero-order valence-corrected chi connectivity index (χ0v) is 19.6. The summed E-state index contributed by atoms with van der Waals surface area (Å²) in [6.07, 6.45) is -0.938. The molecule has 4 N–H and O–H groups in total. The summed E-state index contributed by atoms with van der Waals surface area (Å²) in [5, 5.41) is 27.0. The van der Waals surface area contributed by atoms with Crippen LogP contribution in [0.1, 0.15) is 11.8 Å². The molecule has 1 saturated heterocycles. The second-order valence-corrected chi connectivity index (χ2v) is 8.57. The van der Waals surface area contributed by atoms with E-state index in [0.717, 1.165) is 0 Å². The van der Waals surface area contributed by atoms with Gasteiger partial charge in [0.15, 0.2) is 35.1 Å². The number of ether oxygens (including phenoxy) is 1. The largest absolute Gasteiger partial charge is 0.387 e. The number of anilines is 1. The number of aromatic nitrogens is 5. The van der Waals surface area contributed by atoms with Crippen molar-refractivity contribution in [2.24, 2.45) is 0 Å². The number of amides is 1. The summed E-state index contributed by atoms with van der Waals surface area (Å²) in [5.74, 6) is -0.370. The van der Waals surface area contributed by atoms with E-state index in [1.807, 2.05) is 0 Å². The van der Waals surface area contributed by atoms with Crippen molar-refractivity contribution in [2.45, 2.75) is 31.1 Å². The van der Waals surface area contributed by atoms with Gasteiger partial charge in [-0.2, -0.15) is 0 Å². The van der Waals surface area contributed by atoms with E-state index >= 15 is 0 Å². The van der Waals surface area contributed by atoms with Crippen LogP contribution in [0.3, 0.4) is 0 Å². The van der Waals surface area contributed by atoms with Gasteiger partial charge >= 0.3 is 0 Å². The van der Waals surface area contributed by atoms with E-state index in [-0.39, 0.29) is 23.8 Å². The number of aliphatic hydroxyl groups excluding tert-OH is 2. The molecule has 4 heterocycles. The summed E-state index contributed by atoms with van der Waals surface area (Å²) in [5.41, 5.74) is 1.79. The predicted molar refractivity (Wildman–Crippen MR) is 127 cm³/mol. The number of nitrogens with zero attached hydrogens (tertiary/aromatic N) is 5. The van der Waals surface area contributed by atoms with Gasteiger partial charge in [-0.25, -0.2) is 19.3 Å². The highest BCUT2D eigenvalue weighted by Gasteiger charge is 2.47. The van der Waals surface area contributed by atoms with Crippen molar-refractivity contribution in [1.82, 2.24) is 29.8 Å². The predicted octanol–water partition coefficient (Wildman–Crippen LogP) is 1.66. The zero-order valence-electron chi connectivity index (χ0n) is 18.8. The molecule has 1 aliphatic rings. The third-order valence-corrected chi connectivity index (χ3v) is 5.96. The van der Waals surface area contributed by atoms with Crippen LogP contribution in [0.5, 0.6) is 0 Å². The molecule has 13 heteroatoms. The second kappa shape index (κ2) is 9.74. The molecule has 11 nitrogen and oxygen atoms in total. The number of hydrogen-bond donors (Lipinski definition) is 4. The van der Waals surface area contributed by atoms with Gasteiger partial charge in [0.05, 0.1) is 11.3 Å². The van der Waals surface area contributed by atoms with Crippen molar-refractivity contribution in [3.63, 3.8) is 0 Å². The average Bonchev–Trinajstić information content (AvgIpc) is 3.43. The van der Waals surface area contributed by atoms with E-state index in [0.29, 0.717) is 27.5 Å². The van der Waals surface area contributed by atoms with Crippen LogP contribution in [0.2, 0.25) is 5.02 Å². The molecule has 0 aliphatic carbocycles. The van der Waals surface area contributed by atoms with E-state index in [9.17, 15) is 19.4 Å². The van der Waals surface area contributed by atoms with Crippen molar-refractivity contribution < 1.29 is 24.1 Å². The average molecular weight is 514 g/mol. The minimum absolute atomic E-state index is 0.240. The molecular formula is C23H21ClFN7O4. The first kappa shape index (κ1) is 24.0. The van der Waals surface area contributed by atoms with Gasteiger partial charge in [0, 0.05) is 31.5 Å². The Morgan fingerprint density at radius 1 is 1.22 bits per heavy atom. The third kappa shape index (κ3) is 4.46. The molecule has 4 unspecified atom stereocenters. The molecule has 1 amide bonds. The maximum Gasteiger partial charge on any atom is 0.251 e. The number of hydrogen-bond acceptors (Lipinski definition) is 9. The van der Waals surface area contributed by atoms with Gasteiger partial charge < -0.3 is 25.6 Å². The fourth-order valence-electron chi connectivity index (χ4n) is 3.97. The van der Waals surface area contributed by atoms with E-state index in [1.54, 1.807) is 18.2 Å². The van der Waals surface area contributed by atoms with Crippen LogP contribution in [-0.4, -0.2) is 66.0 Å². The van der Waals surface area contributed by atoms with Crippen molar-refractivity contribution in [3.8, 4) is 11.4 Å². The summed E-state index contributed by atoms with van der Waals surface area (Å²) >= 11 is 6.11. The summed E-state index contributed by atoms with van der Waals surface area (Å²) in [7, 11) is 1.40. The van der Waals surface area contributed by atoms with Crippen molar-refractivity contribution in [1.29, 1.82) is 0 Å². The van der Waals surface area contributed by atoms with Gasteiger partial charge in [-0.15, -0.1) is 0 Å². The molecule has 4 aromatic rings. The Bertz CT molecular complexity index is 1430. The molecule has 186 valence electrons. The van der Waals surface area contributed by atoms with Crippen LogP contribution < -0.4 is 10.6 Å². The van der Waals surface area contributed by atoms with Crippen LogP contribution in [0.4, 0.5) is 10.2 Å². The Morgan fingerprint density at radius 3 is 2.81 bits per heavy atom. The van der Waals surface area contributed by atoms with Crippen LogP contribution in [-0.2, 0) is 16.1 Å². The number of carbonyl (C=O) groups is 1. The molecule has 4 atom stereocenters. The Hall–Kier alpha value is -3.71. The molecule has 36 heavy (non-hydrogen) atoms. The molecule has 1 aliphatic heterocycles. The van der Waals surface area contributed by atoms with Gasteiger partial charge in [0.1, 0.15) is 18.0 Å². The van der Waals surface area contributed by atoms with Crippen LogP contribution in [0, 0.1) is 5.82 Å². The lowest BCUT2D eigenvalue weighted by Gasteiger charge is -2.17. The van der Waals surface area contributed by atoms with Crippen LogP contribution in [0.15, 0.2) is 49.1 Å². The smallest absolute Gasteiger partial charge is 0.251 e. The SMILES string of the molecule is CNC(=O)C1OC(n2cnc3c(NCc4cccc(F)c4)nc(-c4cncc(Cl)c4)nc32)C(O)C1O. The monoisotopic (exact) mass is 513 g/mol. The van der Waals surface area contributed by atoms with Gasteiger partial charge in [-0.05, 0) is 23.8 Å². The normalized spacial score (nSPS) is 21.6.